The molecule has 0 bridgehead atoms. The highest BCUT2D eigenvalue weighted by atomic mass is 32.2. The monoisotopic (exact) mass is 359 g/mol. The van der Waals surface area contributed by atoms with Crippen molar-refractivity contribution in [3.63, 3.8) is 0 Å². The Labute approximate surface area is 147 Å². The Balaban J connectivity index is 1.77. The fraction of sp³-hybridized carbons (Fsp3) is 0.222. The smallest absolute Gasteiger partial charge is 0.185 e. The van der Waals surface area contributed by atoms with Gasteiger partial charge in [-0.1, -0.05) is 42.1 Å². The topological polar surface area (TPSA) is 43.2 Å². The first-order valence-electron chi connectivity index (χ1n) is 7.74. The largest absolute Gasteiger partial charge is 0.354 e. The van der Waals surface area contributed by atoms with E-state index in [0.717, 1.165) is 5.16 Å². The van der Waals surface area contributed by atoms with E-state index in [0.29, 0.717) is 17.7 Å². The van der Waals surface area contributed by atoms with Crippen LogP contribution in [0.5, 0.6) is 0 Å². The SMILES string of the molecule is CSc1ncnn1CC1(c2cccc(F)c2)OC1c1ccccc1F. The molecule has 128 valence electrons. The lowest BCUT2D eigenvalue weighted by molar-refractivity contribution is 0.255. The van der Waals surface area contributed by atoms with Gasteiger partial charge in [0.15, 0.2) is 5.16 Å². The third-order valence-corrected chi connectivity index (χ3v) is 5.02. The zero-order valence-electron chi connectivity index (χ0n) is 13.4. The van der Waals surface area contributed by atoms with Crippen LogP contribution in [0.3, 0.4) is 0 Å². The Morgan fingerprint density at radius 2 is 2.04 bits per heavy atom. The zero-order chi connectivity index (χ0) is 17.4. The van der Waals surface area contributed by atoms with Crippen LogP contribution >= 0.6 is 11.8 Å². The molecule has 2 atom stereocenters. The molecule has 25 heavy (non-hydrogen) atoms. The molecule has 0 saturated carbocycles. The van der Waals surface area contributed by atoms with E-state index in [1.807, 2.05) is 6.26 Å². The Morgan fingerprint density at radius 3 is 2.80 bits per heavy atom. The van der Waals surface area contributed by atoms with Crippen molar-refractivity contribution in [1.29, 1.82) is 0 Å². The minimum atomic E-state index is -0.873. The van der Waals surface area contributed by atoms with E-state index in [2.05, 4.69) is 10.1 Å². The molecule has 0 spiro atoms. The number of aromatic nitrogens is 3. The molecule has 1 aliphatic rings. The van der Waals surface area contributed by atoms with Gasteiger partial charge in [-0.25, -0.2) is 18.4 Å². The predicted molar refractivity (Wildman–Crippen MR) is 90.1 cm³/mol. The summed E-state index contributed by atoms with van der Waals surface area (Å²) >= 11 is 1.45. The fourth-order valence-corrected chi connectivity index (χ4v) is 3.58. The second-order valence-electron chi connectivity index (χ2n) is 5.82. The van der Waals surface area contributed by atoms with E-state index in [-0.39, 0.29) is 11.6 Å². The summed E-state index contributed by atoms with van der Waals surface area (Å²) in [7, 11) is 0. The minimum Gasteiger partial charge on any atom is -0.354 e. The van der Waals surface area contributed by atoms with Crippen LogP contribution in [-0.2, 0) is 16.9 Å². The number of rotatable bonds is 5. The van der Waals surface area contributed by atoms with Crippen molar-refractivity contribution in [3.05, 3.63) is 77.6 Å². The van der Waals surface area contributed by atoms with Crippen LogP contribution in [0.15, 0.2) is 60.0 Å². The lowest BCUT2D eigenvalue weighted by Gasteiger charge is -2.15. The molecule has 2 aromatic carbocycles. The van der Waals surface area contributed by atoms with Gasteiger partial charge in [0.1, 0.15) is 29.7 Å². The maximum absolute atomic E-state index is 14.2. The van der Waals surface area contributed by atoms with Gasteiger partial charge < -0.3 is 4.74 Å². The van der Waals surface area contributed by atoms with Crippen molar-refractivity contribution in [2.24, 2.45) is 0 Å². The highest BCUT2D eigenvalue weighted by molar-refractivity contribution is 7.98. The predicted octanol–water partition coefficient (Wildman–Crippen LogP) is 3.95. The molecule has 3 aromatic rings. The molecule has 0 aliphatic carbocycles. The summed E-state index contributed by atoms with van der Waals surface area (Å²) in [5, 5.41) is 4.95. The lowest BCUT2D eigenvalue weighted by atomic mass is 9.91. The summed E-state index contributed by atoms with van der Waals surface area (Å²) in [5.74, 6) is -0.696. The second kappa shape index (κ2) is 6.24. The molecule has 4 nitrogen and oxygen atoms in total. The van der Waals surface area contributed by atoms with Gasteiger partial charge in [-0.05, 0) is 30.0 Å². The third kappa shape index (κ3) is 2.83. The quantitative estimate of drug-likeness (QED) is 0.511. The highest BCUT2D eigenvalue weighted by Crippen LogP contribution is 2.58. The summed E-state index contributed by atoms with van der Waals surface area (Å²) < 4.78 is 35.7. The first kappa shape index (κ1) is 16.2. The van der Waals surface area contributed by atoms with Crippen LogP contribution in [0.1, 0.15) is 17.2 Å². The van der Waals surface area contributed by atoms with Gasteiger partial charge in [0.2, 0.25) is 0 Å². The van der Waals surface area contributed by atoms with Crippen LogP contribution in [0.4, 0.5) is 8.78 Å². The molecule has 2 unspecified atom stereocenters. The van der Waals surface area contributed by atoms with Crippen molar-refractivity contribution < 1.29 is 13.5 Å². The highest BCUT2D eigenvalue weighted by Gasteiger charge is 2.60. The van der Waals surface area contributed by atoms with Crippen LogP contribution in [-0.4, -0.2) is 21.0 Å². The second-order valence-corrected chi connectivity index (χ2v) is 6.60. The molecule has 1 fully saturated rings. The molecule has 1 aliphatic heterocycles. The Morgan fingerprint density at radius 1 is 1.20 bits per heavy atom. The van der Waals surface area contributed by atoms with Crippen molar-refractivity contribution in [2.75, 3.05) is 6.26 Å². The molecule has 1 aromatic heterocycles. The number of hydrogen-bond acceptors (Lipinski definition) is 4. The Kier molecular flexibility index (Phi) is 4.05. The Hall–Kier alpha value is -2.25. The van der Waals surface area contributed by atoms with Gasteiger partial charge in [0, 0.05) is 5.56 Å². The average Bonchev–Trinajstić information content (AvgIpc) is 3.16. The standard InChI is InChI=1S/C18H15F2N3OS/c1-25-17-21-11-22-23(17)10-18(12-5-4-6-13(19)9-12)16(24-18)14-7-2-3-8-15(14)20/h2-9,11,16H,10H2,1H3. The number of ether oxygens (including phenoxy) is 1. The number of epoxide rings is 1. The molecule has 7 heteroatoms. The van der Waals surface area contributed by atoms with Gasteiger partial charge in [-0.2, -0.15) is 5.10 Å². The summed E-state index contributed by atoms with van der Waals surface area (Å²) in [6.07, 6.45) is 2.86. The number of benzene rings is 2. The van der Waals surface area contributed by atoms with E-state index < -0.39 is 11.7 Å². The molecular formula is C18H15F2N3OS. The first-order valence-corrected chi connectivity index (χ1v) is 8.96. The van der Waals surface area contributed by atoms with Crippen molar-refractivity contribution in [1.82, 2.24) is 14.8 Å². The van der Waals surface area contributed by atoms with Crippen LogP contribution in [0.2, 0.25) is 0 Å². The minimum absolute atomic E-state index is 0.325. The van der Waals surface area contributed by atoms with Gasteiger partial charge in [-0.15, -0.1) is 0 Å². The van der Waals surface area contributed by atoms with Crippen molar-refractivity contribution >= 4 is 11.8 Å². The van der Waals surface area contributed by atoms with E-state index in [9.17, 15) is 8.78 Å². The molecule has 2 heterocycles. The Bertz CT molecular complexity index is 917. The van der Waals surface area contributed by atoms with Crippen LogP contribution < -0.4 is 0 Å². The average molecular weight is 359 g/mol. The fourth-order valence-electron chi connectivity index (χ4n) is 3.10. The molecule has 0 N–H and O–H groups in total. The molecule has 0 amide bonds. The number of thioether (sulfide) groups is 1. The van der Waals surface area contributed by atoms with Crippen LogP contribution in [0, 0.1) is 11.6 Å². The zero-order valence-corrected chi connectivity index (χ0v) is 14.2. The number of halogens is 2. The lowest BCUT2D eigenvalue weighted by Crippen LogP contribution is -2.21. The molecule has 0 radical (unpaired) electrons. The van der Waals surface area contributed by atoms with E-state index in [1.54, 1.807) is 35.0 Å². The van der Waals surface area contributed by atoms with Crippen molar-refractivity contribution in [3.8, 4) is 0 Å². The van der Waals surface area contributed by atoms with E-state index in [1.165, 1.54) is 36.3 Å². The summed E-state index contributed by atoms with van der Waals surface area (Å²) in [6, 6.07) is 12.7. The maximum atomic E-state index is 14.2. The first-order chi connectivity index (χ1) is 12.1. The summed E-state index contributed by atoms with van der Waals surface area (Å²) in [5.41, 5.74) is 0.239. The van der Waals surface area contributed by atoms with Crippen molar-refractivity contribution in [2.45, 2.75) is 23.4 Å². The van der Waals surface area contributed by atoms with Gasteiger partial charge >= 0.3 is 0 Å². The normalized spacial score (nSPS) is 22.1. The van der Waals surface area contributed by atoms with Gasteiger partial charge in [-0.3, -0.25) is 0 Å². The molecule has 1 saturated heterocycles. The van der Waals surface area contributed by atoms with Crippen LogP contribution in [0.25, 0.3) is 0 Å². The number of hydrogen-bond donors (Lipinski definition) is 0. The molecular weight excluding hydrogens is 344 g/mol. The molecule has 4 rings (SSSR count). The van der Waals surface area contributed by atoms with E-state index in [4.69, 9.17) is 4.74 Å². The van der Waals surface area contributed by atoms with Gasteiger partial charge in [0.05, 0.1) is 6.54 Å². The summed E-state index contributed by atoms with van der Waals surface area (Å²) in [4.78, 5) is 4.18. The maximum Gasteiger partial charge on any atom is 0.185 e. The number of nitrogens with zero attached hydrogens (tertiary/aromatic N) is 3. The third-order valence-electron chi connectivity index (χ3n) is 4.34. The van der Waals surface area contributed by atoms with E-state index >= 15 is 0 Å². The summed E-state index contributed by atoms with van der Waals surface area (Å²) in [6.45, 7) is 0.325. The van der Waals surface area contributed by atoms with Gasteiger partial charge in [0.25, 0.3) is 0 Å².